The average molecular weight is 324 g/mol. The van der Waals surface area contributed by atoms with Gasteiger partial charge in [0.15, 0.2) is 0 Å². The molecule has 1 atom stereocenters. The van der Waals surface area contributed by atoms with Gasteiger partial charge in [0.05, 0.1) is 0 Å². The Morgan fingerprint density at radius 2 is 2.04 bits per heavy atom. The standard InChI is InChI=1S/C15H24N4O4/c1-11-9-17(13-3-7-22-8-4-13)5-6-18(11)14(20)10-19-15(21)23-12(2)16-19/h11,13H,3-10H2,1-2H3/t11-/m0/s1. The molecule has 0 unspecified atom stereocenters. The number of carbonyl (C=O) groups excluding carboxylic acids is 1. The number of aromatic nitrogens is 2. The number of nitrogens with zero attached hydrogens (tertiary/aromatic N) is 4. The van der Waals surface area contributed by atoms with E-state index < -0.39 is 5.76 Å². The van der Waals surface area contributed by atoms with E-state index in [9.17, 15) is 9.59 Å². The second-order valence-corrected chi connectivity index (χ2v) is 6.32. The van der Waals surface area contributed by atoms with Crippen LogP contribution in [-0.4, -0.2) is 70.4 Å². The number of aryl methyl sites for hydroxylation is 1. The predicted octanol–water partition coefficient (Wildman–Crippen LogP) is -0.144. The number of rotatable bonds is 3. The Kier molecular flexibility index (Phi) is 4.82. The number of hydrogen-bond donors (Lipinski definition) is 0. The SMILES string of the molecule is Cc1nn(CC(=O)N2CCN(C3CCOCC3)C[C@@H]2C)c(=O)o1. The third-order valence-corrected chi connectivity index (χ3v) is 4.68. The highest BCUT2D eigenvalue weighted by Crippen LogP contribution is 2.19. The molecule has 1 aromatic rings. The molecule has 1 aromatic heterocycles. The molecule has 0 bridgehead atoms. The number of piperazine rings is 1. The Labute approximate surface area is 135 Å². The third kappa shape index (κ3) is 3.64. The fraction of sp³-hybridized carbons (Fsp3) is 0.800. The molecule has 23 heavy (non-hydrogen) atoms. The Morgan fingerprint density at radius 1 is 1.30 bits per heavy atom. The molecule has 0 spiro atoms. The molecule has 2 aliphatic rings. The van der Waals surface area contributed by atoms with E-state index in [1.54, 1.807) is 6.92 Å². The van der Waals surface area contributed by atoms with Crippen LogP contribution >= 0.6 is 0 Å². The lowest BCUT2D eigenvalue weighted by molar-refractivity contribution is -0.137. The van der Waals surface area contributed by atoms with Gasteiger partial charge in [-0.3, -0.25) is 9.69 Å². The molecule has 2 aliphatic heterocycles. The minimum atomic E-state index is -0.579. The van der Waals surface area contributed by atoms with Gasteiger partial charge in [-0.2, -0.15) is 4.68 Å². The molecule has 0 N–H and O–H groups in total. The Morgan fingerprint density at radius 3 is 2.65 bits per heavy atom. The quantitative estimate of drug-likeness (QED) is 0.770. The zero-order valence-electron chi connectivity index (χ0n) is 13.7. The van der Waals surface area contributed by atoms with Gasteiger partial charge in [0.2, 0.25) is 11.8 Å². The molecule has 1 amide bonds. The van der Waals surface area contributed by atoms with Crippen LogP contribution in [0.4, 0.5) is 0 Å². The molecule has 3 rings (SSSR count). The minimum absolute atomic E-state index is 0.0578. The van der Waals surface area contributed by atoms with Crippen LogP contribution in [0.2, 0.25) is 0 Å². The molecular formula is C15H24N4O4. The molecule has 128 valence electrons. The molecule has 8 heteroatoms. The van der Waals surface area contributed by atoms with Crippen LogP contribution in [0.25, 0.3) is 0 Å². The lowest BCUT2D eigenvalue weighted by Gasteiger charge is -2.44. The first kappa shape index (κ1) is 16.2. The highest BCUT2D eigenvalue weighted by molar-refractivity contribution is 5.76. The van der Waals surface area contributed by atoms with E-state index in [0.717, 1.165) is 43.8 Å². The maximum Gasteiger partial charge on any atom is 0.437 e. The lowest BCUT2D eigenvalue weighted by atomic mass is 10.0. The summed E-state index contributed by atoms with van der Waals surface area (Å²) < 4.78 is 11.3. The number of carbonyl (C=O) groups is 1. The number of amides is 1. The van der Waals surface area contributed by atoms with Gasteiger partial charge in [-0.15, -0.1) is 5.10 Å². The largest absolute Gasteiger partial charge is 0.437 e. The lowest BCUT2D eigenvalue weighted by Crippen LogP contribution is -2.57. The van der Waals surface area contributed by atoms with Gasteiger partial charge < -0.3 is 14.1 Å². The first-order chi connectivity index (χ1) is 11.0. The highest BCUT2D eigenvalue weighted by atomic mass is 16.5. The van der Waals surface area contributed by atoms with Crippen LogP contribution in [0.5, 0.6) is 0 Å². The van der Waals surface area contributed by atoms with Crippen molar-refractivity contribution in [1.29, 1.82) is 0 Å². The van der Waals surface area contributed by atoms with Crippen LogP contribution in [0.1, 0.15) is 25.7 Å². The van der Waals surface area contributed by atoms with Gasteiger partial charge in [0.25, 0.3) is 0 Å². The normalized spacial score (nSPS) is 24.1. The zero-order valence-corrected chi connectivity index (χ0v) is 13.7. The van der Waals surface area contributed by atoms with Crippen molar-refractivity contribution in [2.24, 2.45) is 0 Å². The van der Waals surface area contributed by atoms with Crippen LogP contribution in [-0.2, 0) is 16.1 Å². The fourth-order valence-corrected chi connectivity index (χ4v) is 3.47. The Balaban J connectivity index is 1.58. The van der Waals surface area contributed by atoms with E-state index in [-0.39, 0.29) is 24.4 Å². The molecule has 0 aromatic carbocycles. The first-order valence-corrected chi connectivity index (χ1v) is 8.20. The van der Waals surface area contributed by atoms with Gasteiger partial charge in [0.1, 0.15) is 6.54 Å². The van der Waals surface area contributed by atoms with Crippen LogP contribution < -0.4 is 5.76 Å². The van der Waals surface area contributed by atoms with E-state index in [0.29, 0.717) is 12.6 Å². The summed E-state index contributed by atoms with van der Waals surface area (Å²) in [6.45, 7) is 7.66. The van der Waals surface area contributed by atoms with Crippen molar-refractivity contribution in [1.82, 2.24) is 19.6 Å². The second-order valence-electron chi connectivity index (χ2n) is 6.32. The van der Waals surface area contributed by atoms with E-state index >= 15 is 0 Å². The van der Waals surface area contributed by atoms with E-state index in [2.05, 4.69) is 16.9 Å². The van der Waals surface area contributed by atoms with Crippen molar-refractivity contribution >= 4 is 5.91 Å². The monoisotopic (exact) mass is 324 g/mol. The highest BCUT2D eigenvalue weighted by Gasteiger charge is 2.32. The van der Waals surface area contributed by atoms with Gasteiger partial charge in [0, 0.05) is 51.9 Å². The molecule has 2 fully saturated rings. The van der Waals surface area contributed by atoms with Gasteiger partial charge in [-0.1, -0.05) is 0 Å². The van der Waals surface area contributed by atoms with Crippen molar-refractivity contribution in [2.45, 2.75) is 45.3 Å². The summed E-state index contributed by atoms with van der Waals surface area (Å²) in [7, 11) is 0. The number of hydrogen-bond acceptors (Lipinski definition) is 6. The maximum atomic E-state index is 12.5. The van der Waals surface area contributed by atoms with Gasteiger partial charge in [-0.05, 0) is 19.8 Å². The Bertz CT molecular complexity index is 605. The average Bonchev–Trinajstić information content (AvgIpc) is 2.85. The summed E-state index contributed by atoms with van der Waals surface area (Å²) in [6, 6.07) is 0.687. The molecule has 0 saturated carbocycles. The molecule has 3 heterocycles. The van der Waals surface area contributed by atoms with E-state index in [1.807, 2.05) is 4.90 Å². The summed E-state index contributed by atoms with van der Waals surface area (Å²) in [6.07, 6.45) is 2.13. The summed E-state index contributed by atoms with van der Waals surface area (Å²) in [5, 5.41) is 3.92. The maximum absolute atomic E-state index is 12.5. The van der Waals surface area contributed by atoms with Gasteiger partial charge in [-0.25, -0.2) is 4.79 Å². The fourth-order valence-electron chi connectivity index (χ4n) is 3.47. The van der Waals surface area contributed by atoms with E-state index in [1.165, 1.54) is 0 Å². The third-order valence-electron chi connectivity index (χ3n) is 4.68. The summed E-state index contributed by atoms with van der Waals surface area (Å²) in [5.74, 6) is -0.385. The minimum Gasteiger partial charge on any atom is -0.393 e. The van der Waals surface area contributed by atoms with Crippen molar-refractivity contribution < 1.29 is 13.9 Å². The molecular weight excluding hydrogens is 300 g/mol. The van der Waals surface area contributed by atoms with Gasteiger partial charge >= 0.3 is 5.76 Å². The van der Waals surface area contributed by atoms with Crippen LogP contribution in [0, 0.1) is 6.92 Å². The first-order valence-electron chi connectivity index (χ1n) is 8.20. The number of ether oxygens (including phenoxy) is 1. The summed E-state index contributed by atoms with van der Waals surface area (Å²) in [5.41, 5.74) is 0. The van der Waals surface area contributed by atoms with Crippen molar-refractivity contribution in [3.05, 3.63) is 16.4 Å². The summed E-state index contributed by atoms with van der Waals surface area (Å²) in [4.78, 5) is 28.3. The topological polar surface area (TPSA) is 80.8 Å². The van der Waals surface area contributed by atoms with Crippen LogP contribution in [0.3, 0.4) is 0 Å². The second kappa shape index (κ2) is 6.84. The summed E-state index contributed by atoms with van der Waals surface area (Å²) >= 11 is 0. The van der Waals surface area contributed by atoms with E-state index in [4.69, 9.17) is 9.15 Å². The molecule has 0 radical (unpaired) electrons. The smallest absolute Gasteiger partial charge is 0.393 e. The van der Waals surface area contributed by atoms with Crippen molar-refractivity contribution in [3.8, 4) is 0 Å². The van der Waals surface area contributed by atoms with Crippen molar-refractivity contribution in [2.75, 3.05) is 32.8 Å². The molecule has 8 nitrogen and oxygen atoms in total. The van der Waals surface area contributed by atoms with Crippen LogP contribution in [0.15, 0.2) is 9.21 Å². The van der Waals surface area contributed by atoms with Crippen molar-refractivity contribution in [3.63, 3.8) is 0 Å². The Hall–Kier alpha value is -1.67. The molecule has 0 aliphatic carbocycles. The molecule has 2 saturated heterocycles. The predicted molar refractivity (Wildman–Crippen MR) is 82.1 cm³/mol. The zero-order chi connectivity index (χ0) is 16.4.